The summed E-state index contributed by atoms with van der Waals surface area (Å²) in [7, 11) is 0. The van der Waals surface area contributed by atoms with Gasteiger partial charge in [0.05, 0.1) is 5.60 Å². The van der Waals surface area contributed by atoms with Crippen molar-refractivity contribution in [2.45, 2.75) is 12.0 Å². The molecule has 1 fully saturated rings. The minimum atomic E-state index is -0.855. The number of β-amino-alcohol motifs (C(OH)–C–C–N with tert-alkyl or cyclic N) is 1. The maximum Gasteiger partial charge on any atom is 0.251 e. The predicted molar refractivity (Wildman–Crippen MR) is 62.9 cm³/mol. The number of rotatable bonds is 3. The van der Waals surface area contributed by atoms with Crippen LogP contribution in [0.15, 0.2) is 24.3 Å². The third-order valence-corrected chi connectivity index (χ3v) is 2.91. The van der Waals surface area contributed by atoms with Crippen LogP contribution in [0.5, 0.6) is 5.75 Å². The molecule has 0 aromatic heterocycles. The monoisotopic (exact) mass is 236 g/mol. The van der Waals surface area contributed by atoms with Gasteiger partial charge in [0.2, 0.25) is 0 Å². The Morgan fingerprint density at radius 2 is 2.35 bits per heavy atom. The highest BCUT2D eigenvalue weighted by atomic mass is 16.3. The lowest BCUT2D eigenvalue weighted by molar-refractivity contribution is 0.0562. The van der Waals surface area contributed by atoms with E-state index in [9.17, 15) is 15.0 Å². The first-order chi connectivity index (χ1) is 8.09. The fourth-order valence-corrected chi connectivity index (χ4v) is 1.88. The molecule has 0 spiro atoms. The maximum atomic E-state index is 11.7. The molecule has 1 aromatic carbocycles. The van der Waals surface area contributed by atoms with Crippen molar-refractivity contribution < 1.29 is 15.0 Å². The zero-order valence-corrected chi connectivity index (χ0v) is 9.44. The lowest BCUT2D eigenvalue weighted by Crippen LogP contribution is -2.44. The Labute approximate surface area is 99.5 Å². The van der Waals surface area contributed by atoms with E-state index in [0.29, 0.717) is 18.5 Å². The Morgan fingerprint density at radius 3 is 3.00 bits per heavy atom. The summed E-state index contributed by atoms with van der Waals surface area (Å²) in [6.07, 6.45) is 0.632. The fraction of sp³-hybridized carbons (Fsp3) is 0.417. The van der Waals surface area contributed by atoms with Gasteiger partial charge < -0.3 is 20.8 Å². The van der Waals surface area contributed by atoms with Crippen LogP contribution in [0, 0.1) is 0 Å². The van der Waals surface area contributed by atoms with Gasteiger partial charge in [-0.15, -0.1) is 0 Å². The molecule has 4 N–H and O–H groups in total. The van der Waals surface area contributed by atoms with Crippen LogP contribution in [0.2, 0.25) is 0 Å². The number of phenols is 1. The van der Waals surface area contributed by atoms with Crippen LogP contribution in [0.3, 0.4) is 0 Å². The standard InChI is InChI=1S/C12H16N2O3/c15-10-3-1-2-9(6-10)11(16)14-8-12(17)4-5-13-7-12/h1-3,6,13,15,17H,4-5,7-8H2,(H,14,16). The molecule has 1 unspecified atom stereocenters. The summed E-state index contributed by atoms with van der Waals surface area (Å²) in [4.78, 5) is 11.7. The van der Waals surface area contributed by atoms with E-state index in [1.807, 2.05) is 0 Å². The van der Waals surface area contributed by atoms with Gasteiger partial charge in [0, 0.05) is 18.7 Å². The molecule has 1 saturated heterocycles. The van der Waals surface area contributed by atoms with Crippen LogP contribution in [0.25, 0.3) is 0 Å². The summed E-state index contributed by atoms with van der Waals surface area (Å²) in [5.41, 5.74) is -0.466. The zero-order valence-electron chi connectivity index (χ0n) is 9.44. The Hall–Kier alpha value is -1.59. The molecule has 0 bridgehead atoms. The molecule has 1 aliphatic rings. The quantitative estimate of drug-likeness (QED) is 0.588. The number of hydrogen-bond donors (Lipinski definition) is 4. The summed E-state index contributed by atoms with van der Waals surface area (Å²) in [6.45, 7) is 1.47. The molecule has 1 heterocycles. The highest BCUT2D eigenvalue weighted by Crippen LogP contribution is 2.14. The number of phenolic OH excluding ortho intramolecular Hbond substituents is 1. The normalized spacial score (nSPS) is 23.6. The Kier molecular flexibility index (Phi) is 3.31. The number of amides is 1. The van der Waals surface area contributed by atoms with Crippen molar-refractivity contribution in [1.82, 2.24) is 10.6 Å². The molecule has 1 atom stereocenters. The summed E-state index contributed by atoms with van der Waals surface area (Å²) < 4.78 is 0. The second-order valence-corrected chi connectivity index (χ2v) is 4.38. The summed E-state index contributed by atoms with van der Waals surface area (Å²) in [5.74, 6) is -0.236. The van der Waals surface area contributed by atoms with Gasteiger partial charge in [-0.25, -0.2) is 0 Å². The summed E-state index contributed by atoms with van der Waals surface area (Å²) >= 11 is 0. The number of aliphatic hydroxyl groups is 1. The topological polar surface area (TPSA) is 81.6 Å². The van der Waals surface area contributed by atoms with Gasteiger partial charge in [0.15, 0.2) is 0 Å². The van der Waals surface area contributed by atoms with Crippen LogP contribution in [-0.4, -0.2) is 41.4 Å². The summed E-state index contributed by atoms with van der Waals surface area (Å²) in [5, 5.41) is 25.0. The molecular weight excluding hydrogens is 220 g/mol. The molecule has 0 aliphatic carbocycles. The van der Waals surface area contributed by atoms with Crippen LogP contribution >= 0.6 is 0 Å². The number of carbonyl (C=O) groups is 1. The molecule has 2 rings (SSSR count). The first kappa shape index (κ1) is 11.9. The van der Waals surface area contributed by atoms with E-state index in [-0.39, 0.29) is 18.2 Å². The van der Waals surface area contributed by atoms with Crippen molar-refractivity contribution >= 4 is 5.91 Å². The predicted octanol–water partition coefficient (Wildman–Crippen LogP) is -0.154. The van der Waals surface area contributed by atoms with Crippen LogP contribution in [-0.2, 0) is 0 Å². The smallest absolute Gasteiger partial charge is 0.251 e. The van der Waals surface area contributed by atoms with Crippen molar-refractivity contribution in [2.75, 3.05) is 19.6 Å². The van der Waals surface area contributed by atoms with Crippen molar-refractivity contribution in [3.63, 3.8) is 0 Å². The maximum absolute atomic E-state index is 11.7. The van der Waals surface area contributed by atoms with Crippen molar-refractivity contribution in [3.8, 4) is 5.75 Å². The van der Waals surface area contributed by atoms with Gasteiger partial charge in [-0.2, -0.15) is 0 Å². The average molecular weight is 236 g/mol. The van der Waals surface area contributed by atoms with Crippen molar-refractivity contribution in [2.24, 2.45) is 0 Å². The third kappa shape index (κ3) is 2.95. The molecular formula is C12H16N2O3. The molecule has 0 saturated carbocycles. The molecule has 1 aromatic rings. The molecule has 5 heteroatoms. The second-order valence-electron chi connectivity index (χ2n) is 4.38. The molecule has 1 aliphatic heterocycles. The molecule has 17 heavy (non-hydrogen) atoms. The Morgan fingerprint density at radius 1 is 1.53 bits per heavy atom. The molecule has 92 valence electrons. The third-order valence-electron chi connectivity index (χ3n) is 2.91. The number of benzene rings is 1. The number of aromatic hydroxyl groups is 1. The van der Waals surface area contributed by atoms with Crippen LogP contribution in [0.1, 0.15) is 16.8 Å². The van der Waals surface area contributed by atoms with Gasteiger partial charge in [0.1, 0.15) is 5.75 Å². The SMILES string of the molecule is O=C(NCC1(O)CCNC1)c1cccc(O)c1. The van der Waals surface area contributed by atoms with Gasteiger partial charge in [-0.1, -0.05) is 6.07 Å². The van der Waals surface area contributed by atoms with E-state index in [2.05, 4.69) is 10.6 Å². The second kappa shape index (κ2) is 4.73. The van der Waals surface area contributed by atoms with Crippen molar-refractivity contribution in [3.05, 3.63) is 29.8 Å². The first-order valence-electron chi connectivity index (χ1n) is 5.59. The minimum absolute atomic E-state index is 0.0545. The summed E-state index contributed by atoms with van der Waals surface area (Å²) in [6, 6.07) is 6.12. The van der Waals surface area contributed by atoms with Gasteiger partial charge in [-0.3, -0.25) is 4.79 Å². The van der Waals surface area contributed by atoms with Gasteiger partial charge in [-0.05, 0) is 31.2 Å². The van der Waals surface area contributed by atoms with E-state index >= 15 is 0 Å². The van der Waals surface area contributed by atoms with Crippen LogP contribution in [0.4, 0.5) is 0 Å². The number of carbonyl (C=O) groups excluding carboxylic acids is 1. The molecule has 0 radical (unpaired) electrons. The minimum Gasteiger partial charge on any atom is -0.508 e. The molecule has 5 nitrogen and oxygen atoms in total. The van der Waals surface area contributed by atoms with E-state index in [1.165, 1.54) is 12.1 Å². The zero-order chi connectivity index (χ0) is 12.3. The first-order valence-corrected chi connectivity index (χ1v) is 5.59. The lowest BCUT2D eigenvalue weighted by atomic mass is 10.0. The fourth-order valence-electron chi connectivity index (χ4n) is 1.88. The Bertz CT molecular complexity index is 414. The van der Waals surface area contributed by atoms with Crippen molar-refractivity contribution in [1.29, 1.82) is 0 Å². The number of hydrogen-bond acceptors (Lipinski definition) is 4. The number of nitrogens with one attached hydrogen (secondary N) is 2. The Balaban J connectivity index is 1.93. The largest absolute Gasteiger partial charge is 0.508 e. The lowest BCUT2D eigenvalue weighted by Gasteiger charge is -2.21. The van der Waals surface area contributed by atoms with E-state index < -0.39 is 5.60 Å². The van der Waals surface area contributed by atoms with E-state index in [1.54, 1.807) is 12.1 Å². The van der Waals surface area contributed by atoms with Gasteiger partial charge in [0.25, 0.3) is 5.91 Å². The van der Waals surface area contributed by atoms with E-state index in [4.69, 9.17) is 0 Å². The highest BCUT2D eigenvalue weighted by molar-refractivity contribution is 5.94. The van der Waals surface area contributed by atoms with Crippen LogP contribution < -0.4 is 10.6 Å². The van der Waals surface area contributed by atoms with E-state index in [0.717, 1.165) is 6.54 Å². The van der Waals surface area contributed by atoms with Gasteiger partial charge >= 0.3 is 0 Å². The average Bonchev–Trinajstić information content (AvgIpc) is 2.74. The molecule has 1 amide bonds. The highest BCUT2D eigenvalue weighted by Gasteiger charge is 2.31.